The number of methoxy groups -OCH3 is 1. The molecular formula is C17H16N4O2. The summed E-state index contributed by atoms with van der Waals surface area (Å²) in [4.78, 5) is 14.8. The van der Waals surface area contributed by atoms with Gasteiger partial charge in [-0.2, -0.15) is 0 Å². The van der Waals surface area contributed by atoms with E-state index in [4.69, 9.17) is 4.74 Å². The van der Waals surface area contributed by atoms with Crippen LogP contribution >= 0.6 is 0 Å². The van der Waals surface area contributed by atoms with Crippen molar-refractivity contribution in [3.05, 3.63) is 76.2 Å². The van der Waals surface area contributed by atoms with E-state index in [9.17, 15) is 4.79 Å². The highest BCUT2D eigenvalue weighted by atomic mass is 16.5. The lowest BCUT2D eigenvalue weighted by Crippen LogP contribution is -2.18. The molecule has 6 heteroatoms. The number of hydrogen-bond donors (Lipinski definition) is 2. The van der Waals surface area contributed by atoms with Crippen LogP contribution in [0.1, 0.15) is 11.3 Å². The van der Waals surface area contributed by atoms with Crippen molar-refractivity contribution in [1.29, 1.82) is 0 Å². The summed E-state index contributed by atoms with van der Waals surface area (Å²) < 4.78 is 5.15. The van der Waals surface area contributed by atoms with Gasteiger partial charge in [-0.3, -0.25) is 9.78 Å². The van der Waals surface area contributed by atoms with Gasteiger partial charge in [0.05, 0.1) is 7.11 Å². The number of aromatic amines is 1. The highest BCUT2D eigenvalue weighted by Gasteiger charge is 2.06. The summed E-state index contributed by atoms with van der Waals surface area (Å²) in [6, 6.07) is 17.0. The van der Waals surface area contributed by atoms with Gasteiger partial charge in [-0.1, -0.05) is 36.4 Å². The number of benzene rings is 2. The fourth-order valence-electron chi connectivity index (χ4n) is 2.16. The highest BCUT2D eigenvalue weighted by Crippen LogP contribution is 2.18. The van der Waals surface area contributed by atoms with Crippen molar-refractivity contribution in [1.82, 2.24) is 15.2 Å². The first-order valence-corrected chi connectivity index (χ1v) is 7.15. The predicted octanol–water partition coefficient (Wildman–Crippen LogP) is 2.51. The topological polar surface area (TPSA) is 79.9 Å². The Morgan fingerprint density at radius 1 is 1.09 bits per heavy atom. The van der Waals surface area contributed by atoms with Gasteiger partial charge >= 0.3 is 0 Å². The van der Waals surface area contributed by atoms with Gasteiger partial charge in [0.15, 0.2) is 0 Å². The fourth-order valence-corrected chi connectivity index (χ4v) is 2.16. The van der Waals surface area contributed by atoms with Crippen molar-refractivity contribution in [2.75, 3.05) is 12.4 Å². The summed E-state index contributed by atoms with van der Waals surface area (Å²) in [6.07, 6.45) is 0.447. The van der Waals surface area contributed by atoms with E-state index < -0.39 is 0 Å². The molecule has 0 atom stereocenters. The smallest absolute Gasteiger partial charge is 0.274 e. The minimum atomic E-state index is -0.255. The number of nitrogens with one attached hydrogen (secondary N) is 2. The van der Waals surface area contributed by atoms with Crippen molar-refractivity contribution in [2.24, 2.45) is 0 Å². The van der Waals surface area contributed by atoms with Gasteiger partial charge in [0.1, 0.15) is 11.4 Å². The minimum Gasteiger partial charge on any atom is -0.497 e. The number of anilines is 2. The standard InChI is InChI=1S/C17H16N4O2/c1-23-14-9-5-8-13(11-14)18-17-19-16(22)15(20-21-17)10-12-6-3-2-4-7-12/h2-9,11H,10H2,1H3,(H2,18,19,21,22). The van der Waals surface area contributed by atoms with E-state index in [1.54, 1.807) is 13.2 Å². The van der Waals surface area contributed by atoms with Crippen LogP contribution in [0.4, 0.5) is 11.6 Å². The molecule has 3 rings (SSSR count). The molecule has 0 aliphatic heterocycles. The number of aromatic nitrogens is 3. The Kier molecular flexibility index (Phi) is 4.33. The van der Waals surface area contributed by atoms with E-state index in [-0.39, 0.29) is 5.56 Å². The average Bonchev–Trinajstić information content (AvgIpc) is 2.58. The second-order valence-corrected chi connectivity index (χ2v) is 4.97. The molecule has 0 saturated heterocycles. The second-order valence-electron chi connectivity index (χ2n) is 4.97. The Balaban J connectivity index is 1.77. The molecule has 2 aromatic carbocycles. The summed E-state index contributed by atoms with van der Waals surface area (Å²) in [5, 5.41) is 11.1. The number of ether oxygens (including phenoxy) is 1. The van der Waals surface area contributed by atoms with Gasteiger partial charge < -0.3 is 10.1 Å². The quantitative estimate of drug-likeness (QED) is 0.757. The number of hydrogen-bond acceptors (Lipinski definition) is 5. The Labute approximate surface area is 133 Å². The average molecular weight is 308 g/mol. The number of nitrogens with zero attached hydrogens (tertiary/aromatic N) is 2. The molecule has 116 valence electrons. The summed E-state index contributed by atoms with van der Waals surface area (Å²) in [7, 11) is 1.60. The zero-order chi connectivity index (χ0) is 16.1. The second kappa shape index (κ2) is 6.74. The van der Waals surface area contributed by atoms with Gasteiger partial charge in [0, 0.05) is 18.2 Å². The largest absolute Gasteiger partial charge is 0.497 e. The third-order valence-electron chi connectivity index (χ3n) is 3.31. The van der Waals surface area contributed by atoms with Crippen LogP contribution in [0.2, 0.25) is 0 Å². The molecule has 0 aliphatic carbocycles. The lowest BCUT2D eigenvalue weighted by Gasteiger charge is -2.07. The first-order valence-electron chi connectivity index (χ1n) is 7.15. The van der Waals surface area contributed by atoms with Crippen LogP contribution < -0.4 is 15.6 Å². The van der Waals surface area contributed by atoms with Gasteiger partial charge in [0.2, 0.25) is 5.95 Å². The molecule has 0 saturated carbocycles. The van der Waals surface area contributed by atoms with Crippen molar-refractivity contribution in [3.63, 3.8) is 0 Å². The first kappa shape index (κ1) is 14.8. The van der Waals surface area contributed by atoms with Crippen molar-refractivity contribution in [3.8, 4) is 5.75 Å². The molecule has 0 bridgehead atoms. The highest BCUT2D eigenvalue weighted by molar-refractivity contribution is 5.55. The molecule has 0 spiro atoms. The van der Waals surface area contributed by atoms with Crippen LogP contribution in [0.3, 0.4) is 0 Å². The maximum atomic E-state index is 12.1. The van der Waals surface area contributed by atoms with Crippen molar-refractivity contribution >= 4 is 11.6 Å². The SMILES string of the molecule is COc1cccc(Nc2nnc(Cc3ccccc3)c(=O)[nH]2)c1. The van der Waals surface area contributed by atoms with E-state index in [1.807, 2.05) is 48.5 Å². The van der Waals surface area contributed by atoms with E-state index in [2.05, 4.69) is 20.5 Å². The fraction of sp³-hybridized carbons (Fsp3) is 0.118. The third kappa shape index (κ3) is 3.74. The molecule has 1 aromatic heterocycles. The van der Waals surface area contributed by atoms with Crippen LogP contribution in [0, 0.1) is 0 Å². The van der Waals surface area contributed by atoms with E-state index in [0.717, 1.165) is 11.3 Å². The molecular weight excluding hydrogens is 292 g/mol. The Morgan fingerprint density at radius 2 is 1.91 bits per heavy atom. The lowest BCUT2D eigenvalue weighted by atomic mass is 10.1. The third-order valence-corrected chi connectivity index (χ3v) is 3.31. The molecule has 1 heterocycles. The van der Waals surface area contributed by atoms with Crippen molar-refractivity contribution in [2.45, 2.75) is 6.42 Å². The zero-order valence-electron chi connectivity index (χ0n) is 12.6. The normalized spacial score (nSPS) is 10.3. The summed E-state index contributed by atoms with van der Waals surface area (Å²) >= 11 is 0. The monoisotopic (exact) mass is 308 g/mol. The van der Waals surface area contributed by atoms with Crippen LogP contribution in [0.25, 0.3) is 0 Å². The summed E-state index contributed by atoms with van der Waals surface area (Å²) in [5.74, 6) is 1.01. The maximum Gasteiger partial charge on any atom is 0.274 e. The molecule has 0 aliphatic rings. The van der Waals surface area contributed by atoms with E-state index >= 15 is 0 Å². The predicted molar refractivity (Wildman–Crippen MR) is 88.2 cm³/mol. The molecule has 0 fully saturated rings. The van der Waals surface area contributed by atoms with Crippen LogP contribution in [0.15, 0.2) is 59.4 Å². The van der Waals surface area contributed by atoms with Crippen LogP contribution in [-0.4, -0.2) is 22.3 Å². The van der Waals surface area contributed by atoms with Gasteiger partial charge in [-0.25, -0.2) is 0 Å². The Morgan fingerprint density at radius 3 is 2.65 bits per heavy atom. The van der Waals surface area contributed by atoms with Gasteiger partial charge in [-0.05, 0) is 17.7 Å². The maximum absolute atomic E-state index is 12.1. The lowest BCUT2D eigenvalue weighted by molar-refractivity contribution is 0.415. The minimum absolute atomic E-state index is 0.255. The first-order chi connectivity index (χ1) is 11.2. The number of H-pyrrole nitrogens is 1. The zero-order valence-corrected chi connectivity index (χ0v) is 12.6. The van der Waals surface area contributed by atoms with E-state index in [1.165, 1.54) is 0 Å². The molecule has 0 radical (unpaired) electrons. The summed E-state index contributed by atoms with van der Waals surface area (Å²) in [5.41, 5.74) is 1.90. The van der Waals surface area contributed by atoms with Gasteiger partial charge in [0.25, 0.3) is 5.56 Å². The molecule has 3 aromatic rings. The van der Waals surface area contributed by atoms with E-state index in [0.29, 0.717) is 23.8 Å². The molecule has 6 nitrogen and oxygen atoms in total. The molecule has 0 amide bonds. The molecule has 23 heavy (non-hydrogen) atoms. The molecule has 2 N–H and O–H groups in total. The Bertz CT molecular complexity index is 846. The van der Waals surface area contributed by atoms with Crippen LogP contribution in [-0.2, 0) is 6.42 Å². The van der Waals surface area contributed by atoms with Crippen LogP contribution in [0.5, 0.6) is 5.75 Å². The number of rotatable bonds is 5. The van der Waals surface area contributed by atoms with Gasteiger partial charge in [-0.15, -0.1) is 10.2 Å². The summed E-state index contributed by atoms with van der Waals surface area (Å²) in [6.45, 7) is 0. The van der Waals surface area contributed by atoms with Crippen molar-refractivity contribution < 1.29 is 4.74 Å². The molecule has 0 unspecified atom stereocenters. The Hall–Kier alpha value is -3.15.